The van der Waals surface area contributed by atoms with E-state index >= 15 is 0 Å². The van der Waals surface area contributed by atoms with E-state index < -0.39 is 0 Å². The molecule has 0 saturated heterocycles. The van der Waals surface area contributed by atoms with Crippen LogP contribution in [0, 0.1) is 13.8 Å². The van der Waals surface area contributed by atoms with Gasteiger partial charge in [0, 0.05) is 30.7 Å². The first-order valence-electron chi connectivity index (χ1n) is 8.28. The number of carbonyl (C=O) groups excluding carboxylic acids is 2. The maximum atomic E-state index is 12.6. The fraction of sp³-hybridized carbons (Fsp3) is 0.200. The third-order valence-electron chi connectivity index (χ3n) is 4.32. The molecule has 0 unspecified atom stereocenters. The second-order valence-corrected chi connectivity index (χ2v) is 6.22. The molecule has 0 aliphatic heterocycles. The monoisotopic (exact) mass is 348 g/mol. The van der Waals surface area contributed by atoms with Crippen molar-refractivity contribution in [3.05, 3.63) is 65.5 Å². The number of carbonyl (C=O) groups is 2. The molecule has 0 aliphatic carbocycles. The molecule has 1 N–H and O–H groups in total. The number of hydrogen-bond acceptors (Lipinski definition) is 4. The average Bonchev–Trinajstić information content (AvgIpc) is 2.64. The number of hydrogen-bond donors (Lipinski definition) is 1. The molecule has 0 atom stereocenters. The van der Waals surface area contributed by atoms with Gasteiger partial charge in [0.1, 0.15) is 0 Å². The van der Waals surface area contributed by atoms with Crippen LogP contribution in [-0.2, 0) is 4.79 Å². The molecule has 0 radical (unpaired) electrons. The van der Waals surface area contributed by atoms with Gasteiger partial charge in [-0.3, -0.25) is 19.6 Å². The molecular weight excluding hydrogens is 328 g/mol. The smallest absolute Gasteiger partial charge is 0.254 e. The van der Waals surface area contributed by atoms with Crippen molar-refractivity contribution in [3.8, 4) is 0 Å². The van der Waals surface area contributed by atoms with Crippen molar-refractivity contribution in [1.29, 1.82) is 0 Å². The number of likely N-dealkylation sites (N-methyl/N-ethyl adjacent to an activating group) is 1. The number of aromatic nitrogens is 2. The summed E-state index contributed by atoms with van der Waals surface area (Å²) in [6.45, 7) is 3.91. The Balaban J connectivity index is 1.69. The number of anilines is 1. The summed E-state index contributed by atoms with van der Waals surface area (Å²) >= 11 is 0. The molecule has 0 fully saturated rings. The van der Waals surface area contributed by atoms with Crippen LogP contribution in [0.15, 0.2) is 48.8 Å². The van der Waals surface area contributed by atoms with E-state index in [4.69, 9.17) is 0 Å². The molecule has 1 heterocycles. The highest BCUT2D eigenvalue weighted by Crippen LogP contribution is 2.18. The minimum Gasteiger partial charge on any atom is -0.332 e. The summed E-state index contributed by atoms with van der Waals surface area (Å²) in [6.07, 6.45) is 3.19. The molecule has 6 nitrogen and oxygen atoms in total. The van der Waals surface area contributed by atoms with Gasteiger partial charge in [-0.15, -0.1) is 0 Å². The van der Waals surface area contributed by atoms with Gasteiger partial charge in [-0.2, -0.15) is 0 Å². The lowest BCUT2D eigenvalue weighted by Crippen LogP contribution is -2.35. The number of nitrogens with zero attached hydrogens (tertiary/aromatic N) is 3. The highest BCUT2D eigenvalue weighted by Gasteiger charge is 2.16. The first-order valence-corrected chi connectivity index (χ1v) is 8.28. The Morgan fingerprint density at radius 3 is 2.54 bits per heavy atom. The largest absolute Gasteiger partial charge is 0.332 e. The Morgan fingerprint density at radius 2 is 1.77 bits per heavy atom. The molecular formula is C20H20N4O2. The van der Waals surface area contributed by atoms with E-state index in [1.807, 2.05) is 32.0 Å². The number of amides is 2. The van der Waals surface area contributed by atoms with Crippen LogP contribution in [0.3, 0.4) is 0 Å². The van der Waals surface area contributed by atoms with Crippen LogP contribution in [0.4, 0.5) is 5.69 Å². The number of benzene rings is 2. The van der Waals surface area contributed by atoms with Crippen LogP contribution < -0.4 is 5.32 Å². The van der Waals surface area contributed by atoms with Gasteiger partial charge in [0.2, 0.25) is 5.91 Å². The highest BCUT2D eigenvalue weighted by atomic mass is 16.2. The maximum absolute atomic E-state index is 12.6. The molecule has 2 aromatic carbocycles. The summed E-state index contributed by atoms with van der Waals surface area (Å²) in [7, 11) is 1.60. The third-order valence-corrected chi connectivity index (χ3v) is 4.32. The van der Waals surface area contributed by atoms with Crippen molar-refractivity contribution in [2.75, 3.05) is 18.9 Å². The van der Waals surface area contributed by atoms with E-state index in [1.54, 1.807) is 37.6 Å². The fourth-order valence-electron chi connectivity index (χ4n) is 2.68. The van der Waals surface area contributed by atoms with Crippen molar-refractivity contribution in [2.45, 2.75) is 13.8 Å². The van der Waals surface area contributed by atoms with Crippen molar-refractivity contribution in [2.24, 2.45) is 0 Å². The topological polar surface area (TPSA) is 75.2 Å². The van der Waals surface area contributed by atoms with Crippen molar-refractivity contribution >= 4 is 28.5 Å². The molecule has 132 valence electrons. The van der Waals surface area contributed by atoms with Crippen LogP contribution in [0.25, 0.3) is 11.0 Å². The van der Waals surface area contributed by atoms with E-state index in [0.29, 0.717) is 11.1 Å². The van der Waals surface area contributed by atoms with Gasteiger partial charge in [-0.05, 0) is 49.2 Å². The summed E-state index contributed by atoms with van der Waals surface area (Å²) in [4.78, 5) is 34.7. The number of nitrogens with one attached hydrogen (secondary N) is 1. The first-order chi connectivity index (χ1) is 12.5. The van der Waals surface area contributed by atoms with Gasteiger partial charge < -0.3 is 10.2 Å². The van der Waals surface area contributed by atoms with Crippen LogP contribution in [-0.4, -0.2) is 40.3 Å². The zero-order valence-electron chi connectivity index (χ0n) is 15.0. The summed E-state index contributed by atoms with van der Waals surface area (Å²) in [5, 5.41) is 2.86. The van der Waals surface area contributed by atoms with E-state index in [2.05, 4.69) is 15.3 Å². The molecule has 1 aromatic heterocycles. The summed E-state index contributed by atoms with van der Waals surface area (Å²) < 4.78 is 0. The van der Waals surface area contributed by atoms with Gasteiger partial charge >= 0.3 is 0 Å². The van der Waals surface area contributed by atoms with E-state index in [0.717, 1.165) is 22.3 Å². The van der Waals surface area contributed by atoms with E-state index in [1.165, 1.54) is 4.90 Å². The van der Waals surface area contributed by atoms with Crippen molar-refractivity contribution in [3.63, 3.8) is 0 Å². The van der Waals surface area contributed by atoms with E-state index in [9.17, 15) is 9.59 Å². The number of rotatable bonds is 4. The first kappa shape index (κ1) is 17.5. The lowest BCUT2D eigenvalue weighted by Gasteiger charge is -2.18. The Kier molecular flexibility index (Phi) is 4.93. The Bertz CT molecular complexity index is 984. The van der Waals surface area contributed by atoms with Gasteiger partial charge in [0.25, 0.3) is 5.91 Å². The van der Waals surface area contributed by atoms with Gasteiger partial charge in [-0.25, -0.2) is 0 Å². The minimum absolute atomic E-state index is 0.0370. The van der Waals surface area contributed by atoms with Crippen molar-refractivity contribution < 1.29 is 9.59 Å². The van der Waals surface area contributed by atoms with Crippen LogP contribution in [0.1, 0.15) is 21.5 Å². The number of aryl methyl sites for hydroxylation is 1. The minimum atomic E-state index is -0.242. The highest BCUT2D eigenvalue weighted by molar-refractivity contribution is 6.01. The Hall–Kier alpha value is -3.28. The van der Waals surface area contributed by atoms with E-state index in [-0.39, 0.29) is 18.4 Å². The normalized spacial score (nSPS) is 10.6. The average molecular weight is 348 g/mol. The summed E-state index contributed by atoms with van der Waals surface area (Å²) in [5.41, 5.74) is 4.72. The van der Waals surface area contributed by atoms with Crippen LogP contribution in [0.5, 0.6) is 0 Å². The second-order valence-electron chi connectivity index (χ2n) is 6.22. The lowest BCUT2D eigenvalue weighted by atomic mass is 10.1. The predicted molar refractivity (Wildman–Crippen MR) is 101 cm³/mol. The number of fused-ring (bicyclic) bond motifs is 1. The fourth-order valence-corrected chi connectivity index (χ4v) is 2.68. The zero-order chi connectivity index (χ0) is 18.7. The zero-order valence-corrected chi connectivity index (χ0v) is 15.0. The SMILES string of the molecule is Cc1cccc(NC(=O)CN(C)C(=O)c2ccc3nccnc3c2)c1C. The standard InChI is InChI=1S/C20H20N4O2/c1-13-5-4-6-16(14(13)2)23-19(25)12-24(3)20(26)15-7-8-17-18(11-15)22-10-9-21-17/h4-11H,12H2,1-3H3,(H,23,25). The molecule has 6 heteroatoms. The van der Waals surface area contributed by atoms with Crippen molar-refractivity contribution in [1.82, 2.24) is 14.9 Å². The Labute approximate surface area is 151 Å². The quantitative estimate of drug-likeness (QED) is 0.786. The Morgan fingerprint density at radius 1 is 1.04 bits per heavy atom. The lowest BCUT2D eigenvalue weighted by molar-refractivity contribution is -0.116. The molecule has 0 aliphatic rings. The van der Waals surface area contributed by atoms with Gasteiger partial charge in [0.15, 0.2) is 0 Å². The van der Waals surface area contributed by atoms with Crippen LogP contribution >= 0.6 is 0 Å². The molecule has 3 rings (SSSR count). The summed E-state index contributed by atoms with van der Waals surface area (Å²) in [5.74, 6) is -0.483. The molecule has 0 spiro atoms. The molecule has 26 heavy (non-hydrogen) atoms. The second kappa shape index (κ2) is 7.31. The predicted octanol–water partition coefficient (Wildman–Crippen LogP) is 2.96. The van der Waals surface area contributed by atoms with Crippen LogP contribution in [0.2, 0.25) is 0 Å². The van der Waals surface area contributed by atoms with Gasteiger partial charge in [-0.1, -0.05) is 12.1 Å². The third kappa shape index (κ3) is 3.69. The summed E-state index contributed by atoms with van der Waals surface area (Å²) in [6, 6.07) is 10.9. The molecule has 3 aromatic rings. The molecule has 0 bridgehead atoms. The maximum Gasteiger partial charge on any atom is 0.254 e. The molecule has 2 amide bonds. The van der Waals surface area contributed by atoms with Gasteiger partial charge in [0.05, 0.1) is 17.6 Å². The molecule has 0 saturated carbocycles.